The van der Waals surface area contributed by atoms with E-state index in [-0.39, 0.29) is 12.2 Å². The molecule has 1 N–H and O–H groups in total. The number of nitrogens with one attached hydrogen (secondary N) is 1. The van der Waals surface area contributed by atoms with Crippen molar-refractivity contribution in [1.29, 1.82) is 0 Å². The first-order valence-electron chi connectivity index (χ1n) is 5.60. The summed E-state index contributed by atoms with van der Waals surface area (Å²) in [5, 5.41) is 17.8. The first-order valence-corrected chi connectivity index (χ1v) is 5.60. The van der Waals surface area contributed by atoms with Crippen molar-refractivity contribution in [1.82, 2.24) is 15.2 Å². The van der Waals surface area contributed by atoms with Crippen LogP contribution >= 0.6 is 0 Å². The molecule has 0 fully saturated rings. The van der Waals surface area contributed by atoms with Crippen LogP contribution < -0.4 is 5.43 Å². The molecule has 2 aromatic rings. The summed E-state index contributed by atoms with van der Waals surface area (Å²) < 4.78 is 6.37. The number of hydrogen-bond acceptors (Lipinski definition) is 6. The highest BCUT2D eigenvalue weighted by Crippen LogP contribution is 2.07. The van der Waals surface area contributed by atoms with Crippen molar-refractivity contribution in [3.05, 3.63) is 46.2 Å². The van der Waals surface area contributed by atoms with Crippen molar-refractivity contribution >= 4 is 17.8 Å². The van der Waals surface area contributed by atoms with Crippen molar-refractivity contribution in [3.8, 4) is 0 Å². The van der Waals surface area contributed by atoms with E-state index in [1.54, 1.807) is 19.1 Å². The molecule has 9 nitrogen and oxygen atoms in total. The van der Waals surface area contributed by atoms with Crippen LogP contribution in [0.2, 0.25) is 0 Å². The Morgan fingerprint density at radius 1 is 1.65 bits per heavy atom. The van der Waals surface area contributed by atoms with Gasteiger partial charge >= 0.3 is 5.69 Å². The summed E-state index contributed by atoms with van der Waals surface area (Å²) in [5.41, 5.74) is 2.09. The van der Waals surface area contributed by atoms with Gasteiger partial charge in [0, 0.05) is 0 Å². The molecule has 0 saturated carbocycles. The number of hydrogen-bond donors (Lipinski definition) is 1. The summed E-state index contributed by atoms with van der Waals surface area (Å²) in [6.45, 7) is 1.63. The summed E-state index contributed by atoms with van der Waals surface area (Å²) in [6, 6.07) is 3.48. The van der Waals surface area contributed by atoms with Crippen molar-refractivity contribution in [2.45, 2.75) is 13.5 Å². The summed E-state index contributed by atoms with van der Waals surface area (Å²) >= 11 is 0. The minimum Gasteiger partial charge on any atom is -0.460 e. The Bertz CT molecular complexity index is 657. The molecule has 2 rings (SSSR count). The average molecular weight is 277 g/mol. The van der Waals surface area contributed by atoms with E-state index in [0.29, 0.717) is 5.76 Å². The molecule has 0 aromatic carbocycles. The van der Waals surface area contributed by atoms with Crippen LogP contribution in [0, 0.1) is 17.0 Å². The Kier molecular flexibility index (Phi) is 3.89. The number of hydrazone groups is 1. The molecular formula is C11H11N5O4. The Hall–Kier alpha value is -2.97. The van der Waals surface area contributed by atoms with Gasteiger partial charge in [0.05, 0.1) is 11.1 Å². The minimum absolute atomic E-state index is 0.164. The van der Waals surface area contributed by atoms with Crippen molar-refractivity contribution < 1.29 is 14.1 Å². The van der Waals surface area contributed by atoms with Crippen LogP contribution in [0.4, 0.5) is 5.69 Å². The molecule has 0 radical (unpaired) electrons. The normalized spacial score (nSPS) is 10.8. The molecule has 2 aromatic heterocycles. The summed E-state index contributed by atoms with van der Waals surface area (Å²) in [4.78, 5) is 21.4. The number of rotatable bonds is 5. The fourth-order valence-electron chi connectivity index (χ4n) is 1.41. The zero-order chi connectivity index (χ0) is 14.5. The van der Waals surface area contributed by atoms with E-state index in [1.165, 1.54) is 12.4 Å². The molecule has 0 atom stereocenters. The standard InChI is InChI=1S/C11H11N5O4/c1-8-2-3-10(20-8)5-12-14-11(17)7-15-6-9(4-13-15)16(18)19/h2-6H,7H2,1H3,(H,14,17)/b12-5-. The molecule has 0 aliphatic carbocycles. The molecule has 1 amide bonds. The van der Waals surface area contributed by atoms with Crippen LogP contribution in [-0.4, -0.2) is 26.8 Å². The first kappa shape index (κ1) is 13.5. The maximum Gasteiger partial charge on any atom is 0.307 e. The molecule has 9 heteroatoms. The van der Waals surface area contributed by atoms with Gasteiger partial charge in [-0.05, 0) is 19.1 Å². The quantitative estimate of drug-likeness (QED) is 0.494. The minimum atomic E-state index is -0.585. The third-order valence-electron chi connectivity index (χ3n) is 2.28. The predicted octanol–water partition coefficient (Wildman–Crippen LogP) is 0.843. The third kappa shape index (κ3) is 3.51. The highest BCUT2D eigenvalue weighted by molar-refractivity contribution is 5.80. The van der Waals surface area contributed by atoms with Crippen LogP contribution in [0.3, 0.4) is 0 Å². The van der Waals surface area contributed by atoms with Crippen LogP contribution in [0.5, 0.6) is 0 Å². The number of carbonyl (C=O) groups is 1. The molecule has 0 spiro atoms. The lowest BCUT2D eigenvalue weighted by atomic mass is 10.4. The lowest BCUT2D eigenvalue weighted by Gasteiger charge is -1.98. The lowest BCUT2D eigenvalue weighted by molar-refractivity contribution is -0.385. The highest BCUT2D eigenvalue weighted by Gasteiger charge is 2.10. The van der Waals surface area contributed by atoms with E-state index >= 15 is 0 Å². The zero-order valence-electron chi connectivity index (χ0n) is 10.5. The van der Waals surface area contributed by atoms with Gasteiger partial charge in [0.15, 0.2) is 0 Å². The molecule has 20 heavy (non-hydrogen) atoms. The number of aryl methyl sites for hydroxylation is 1. The van der Waals surface area contributed by atoms with Gasteiger partial charge in [-0.15, -0.1) is 0 Å². The van der Waals surface area contributed by atoms with Crippen LogP contribution in [0.25, 0.3) is 0 Å². The fraction of sp³-hybridized carbons (Fsp3) is 0.182. The molecule has 0 saturated heterocycles. The second-order valence-corrected chi connectivity index (χ2v) is 3.89. The van der Waals surface area contributed by atoms with E-state index in [1.807, 2.05) is 0 Å². The Balaban J connectivity index is 1.85. The van der Waals surface area contributed by atoms with Crippen molar-refractivity contribution in [2.24, 2.45) is 5.10 Å². The molecule has 0 unspecified atom stereocenters. The molecular weight excluding hydrogens is 266 g/mol. The van der Waals surface area contributed by atoms with Gasteiger partial charge in [-0.25, -0.2) is 5.43 Å². The third-order valence-corrected chi connectivity index (χ3v) is 2.28. The summed E-state index contributed by atoms with van der Waals surface area (Å²) in [5.74, 6) is 0.793. The van der Waals surface area contributed by atoms with Crippen LogP contribution in [-0.2, 0) is 11.3 Å². The number of furan rings is 1. The predicted molar refractivity (Wildman–Crippen MR) is 68.1 cm³/mol. The number of amides is 1. The smallest absolute Gasteiger partial charge is 0.307 e. The molecule has 2 heterocycles. The van der Waals surface area contributed by atoms with E-state index in [9.17, 15) is 14.9 Å². The van der Waals surface area contributed by atoms with Gasteiger partial charge in [-0.1, -0.05) is 0 Å². The molecule has 104 valence electrons. The van der Waals surface area contributed by atoms with E-state index in [2.05, 4.69) is 15.6 Å². The van der Waals surface area contributed by atoms with E-state index in [0.717, 1.165) is 16.6 Å². The molecule has 0 aliphatic rings. The van der Waals surface area contributed by atoms with Crippen molar-refractivity contribution in [2.75, 3.05) is 0 Å². The number of carbonyl (C=O) groups excluding carboxylic acids is 1. The maximum absolute atomic E-state index is 11.5. The number of nitro groups is 1. The highest BCUT2D eigenvalue weighted by atomic mass is 16.6. The van der Waals surface area contributed by atoms with Gasteiger partial charge in [0.1, 0.15) is 30.5 Å². The Morgan fingerprint density at radius 3 is 3.05 bits per heavy atom. The van der Waals surface area contributed by atoms with E-state index < -0.39 is 10.8 Å². The topological polar surface area (TPSA) is 116 Å². The number of aromatic nitrogens is 2. The van der Waals surface area contributed by atoms with E-state index in [4.69, 9.17) is 4.42 Å². The van der Waals surface area contributed by atoms with Gasteiger partial charge in [0.2, 0.25) is 0 Å². The summed E-state index contributed by atoms with van der Waals surface area (Å²) in [7, 11) is 0. The van der Waals surface area contributed by atoms with Gasteiger partial charge in [-0.3, -0.25) is 19.6 Å². The Morgan fingerprint density at radius 2 is 2.45 bits per heavy atom. The summed E-state index contributed by atoms with van der Waals surface area (Å²) in [6.07, 6.45) is 3.60. The average Bonchev–Trinajstić information content (AvgIpc) is 2.99. The maximum atomic E-state index is 11.5. The SMILES string of the molecule is Cc1ccc(/C=N\NC(=O)Cn2cc([N+](=O)[O-])cn2)o1. The molecule has 0 bridgehead atoms. The van der Waals surface area contributed by atoms with Gasteiger partial charge in [0.25, 0.3) is 5.91 Å². The van der Waals surface area contributed by atoms with Gasteiger partial charge in [-0.2, -0.15) is 10.2 Å². The molecule has 0 aliphatic heterocycles. The van der Waals surface area contributed by atoms with Crippen LogP contribution in [0.1, 0.15) is 11.5 Å². The Labute approximate surface area is 113 Å². The monoisotopic (exact) mass is 277 g/mol. The van der Waals surface area contributed by atoms with Crippen LogP contribution in [0.15, 0.2) is 34.0 Å². The second-order valence-electron chi connectivity index (χ2n) is 3.89. The second kappa shape index (κ2) is 5.78. The van der Waals surface area contributed by atoms with Crippen molar-refractivity contribution in [3.63, 3.8) is 0 Å². The zero-order valence-corrected chi connectivity index (χ0v) is 10.5. The van der Waals surface area contributed by atoms with Gasteiger partial charge < -0.3 is 4.42 Å². The fourth-order valence-corrected chi connectivity index (χ4v) is 1.41. The first-order chi connectivity index (χ1) is 9.54. The lowest BCUT2D eigenvalue weighted by Crippen LogP contribution is -2.23. The largest absolute Gasteiger partial charge is 0.460 e. The number of nitrogens with zero attached hydrogens (tertiary/aromatic N) is 4.